The number of pyridine rings is 1. The fraction of sp³-hybridized carbons (Fsp3) is 0.197. The number of benzene rings is 8. The number of nitrogens with zero attached hydrogens (tertiary/aromatic N) is 4. The van der Waals surface area contributed by atoms with Gasteiger partial charge >= 0.3 is 0 Å². The van der Waals surface area contributed by atoms with Crippen LogP contribution in [0.2, 0.25) is 0 Å². The van der Waals surface area contributed by atoms with Crippen molar-refractivity contribution in [1.82, 2.24) is 9.55 Å². The van der Waals surface area contributed by atoms with E-state index in [0.29, 0.717) is 35.0 Å². The molecule has 0 spiro atoms. The highest BCUT2D eigenvalue weighted by atomic mass is 16.5. The van der Waals surface area contributed by atoms with Gasteiger partial charge in [-0.15, -0.1) is 0 Å². The lowest BCUT2D eigenvalue weighted by Gasteiger charge is -2.29. The summed E-state index contributed by atoms with van der Waals surface area (Å²) >= 11 is 0. The summed E-state index contributed by atoms with van der Waals surface area (Å²) in [4.78, 5) is 9.03. The van der Waals surface area contributed by atoms with E-state index in [1.807, 2.05) is 116 Å². The van der Waals surface area contributed by atoms with Gasteiger partial charge in [-0.1, -0.05) is 184 Å². The van der Waals surface area contributed by atoms with Crippen LogP contribution in [0.25, 0.3) is 61.0 Å². The Morgan fingerprint density at radius 2 is 1.13 bits per heavy atom. The molecule has 10 aromatic rings. The Morgan fingerprint density at radius 3 is 1.83 bits per heavy atom. The van der Waals surface area contributed by atoms with E-state index < -0.39 is 23.5 Å². The van der Waals surface area contributed by atoms with E-state index in [9.17, 15) is 4.11 Å². The molecule has 71 heavy (non-hydrogen) atoms. The lowest BCUT2D eigenvalue weighted by molar-refractivity contribution is 0.483. The molecule has 0 amide bonds. The number of aromatic nitrogens is 2. The molecule has 0 saturated carbocycles. The van der Waals surface area contributed by atoms with E-state index in [1.165, 1.54) is 0 Å². The van der Waals surface area contributed by atoms with Crippen LogP contribution in [0.3, 0.4) is 0 Å². The molecule has 5 heteroatoms. The Labute approximate surface area is 430 Å². The van der Waals surface area contributed by atoms with Crippen LogP contribution >= 0.6 is 0 Å². The summed E-state index contributed by atoms with van der Waals surface area (Å²) < 4.78 is 80.6. The Bertz CT molecular complexity index is 4030. The zero-order valence-electron chi connectivity index (χ0n) is 49.8. The third-order valence-electron chi connectivity index (χ3n) is 13.5. The minimum absolute atomic E-state index is 0.0553. The monoisotopic (exact) mass is 935 g/mol. The van der Waals surface area contributed by atoms with Gasteiger partial charge in [-0.25, -0.2) is 4.98 Å². The van der Waals surface area contributed by atoms with Crippen LogP contribution in [0.1, 0.15) is 90.0 Å². The van der Waals surface area contributed by atoms with E-state index >= 15 is 0 Å². The number of ether oxygens (including phenoxy) is 1. The highest BCUT2D eigenvalue weighted by Gasteiger charge is 2.32. The molecule has 0 saturated heterocycles. The van der Waals surface area contributed by atoms with Crippen molar-refractivity contribution in [3.63, 3.8) is 0 Å². The smallest absolute Gasteiger partial charge is 0.137 e. The van der Waals surface area contributed by atoms with Crippen molar-refractivity contribution < 1.29 is 15.7 Å². The molecule has 0 fully saturated rings. The molecule has 5 nitrogen and oxygen atoms in total. The zero-order valence-corrected chi connectivity index (χ0v) is 41.8. The standard InChI is InChI=1S/C66H62N4O/c1-64(2,3)48-34-35-67-62(40-48)70-58-33-30-46(44-20-12-10-13-21-44)38-57(58)56-32-31-53(42-61(56)70)71-52-25-18-24-51(41-52)68-43-69(60-29-17-16-28-59(60)68)63-54(45-22-14-11-15-23-45)26-19-27-55(63)47-36-49(65(4,5)6)39-50(37-47)66(7,8)9/h10-42H,43H2,1-9H3/i11D,14D,15D,22D,23D,34D,35D,40D. The molecule has 0 N–H and O–H groups in total. The van der Waals surface area contributed by atoms with E-state index in [1.54, 1.807) is 0 Å². The number of hydrogen-bond donors (Lipinski definition) is 0. The summed E-state index contributed by atoms with van der Waals surface area (Å²) in [5.74, 6) is 1.37. The summed E-state index contributed by atoms with van der Waals surface area (Å²) in [7, 11) is 0. The second-order valence-electron chi connectivity index (χ2n) is 21.6. The normalized spacial score (nSPS) is 14.6. The molecule has 1 aliphatic rings. The van der Waals surface area contributed by atoms with Crippen LogP contribution in [0.15, 0.2) is 200 Å². The quantitative estimate of drug-likeness (QED) is 0.152. The molecule has 1 aliphatic heterocycles. The molecular formula is C66H62N4O. The maximum Gasteiger partial charge on any atom is 0.137 e. The maximum absolute atomic E-state index is 9.55. The molecule has 0 aliphatic carbocycles. The van der Waals surface area contributed by atoms with Gasteiger partial charge in [-0.3, -0.25) is 4.57 Å². The zero-order chi connectivity index (χ0) is 56.2. The summed E-state index contributed by atoms with van der Waals surface area (Å²) in [5.41, 5.74) is 11.2. The SMILES string of the molecule is [2H]c1nc(-n2c3ccc(-c4ccccc4)cc3c3ccc(Oc4cccc(N5CN(c6c(-c7cc(C(C)(C)C)cc(C(C)(C)C)c7)cccc6-c6c([2H])c([2H])c([2H])c([2H])c6[2H])c6ccccc65)c4)cc32)c([2H])c(C(C)(C)C)c1[2H]. The summed E-state index contributed by atoms with van der Waals surface area (Å²) in [6.07, 6.45) is -0.198. The lowest BCUT2D eigenvalue weighted by atomic mass is 9.78. The van der Waals surface area contributed by atoms with Gasteiger partial charge in [0.15, 0.2) is 0 Å². The van der Waals surface area contributed by atoms with Crippen molar-refractivity contribution >= 4 is 44.6 Å². The van der Waals surface area contributed by atoms with Crippen LogP contribution in [0.5, 0.6) is 11.5 Å². The van der Waals surface area contributed by atoms with E-state index in [2.05, 4.69) is 117 Å². The largest absolute Gasteiger partial charge is 0.457 e. The highest BCUT2D eigenvalue weighted by Crippen LogP contribution is 2.51. The second kappa shape index (κ2) is 17.5. The predicted octanol–water partition coefficient (Wildman–Crippen LogP) is 18.1. The summed E-state index contributed by atoms with van der Waals surface area (Å²) in [5, 5.41) is 1.85. The van der Waals surface area contributed by atoms with Gasteiger partial charge in [0.1, 0.15) is 24.0 Å². The minimum Gasteiger partial charge on any atom is -0.457 e. The van der Waals surface area contributed by atoms with Crippen LogP contribution in [0.4, 0.5) is 22.7 Å². The van der Waals surface area contributed by atoms with Crippen LogP contribution in [-0.4, -0.2) is 16.2 Å². The average molecular weight is 935 g/mol. The molecule has 0 atom stereocenters. The van der Waals surface area contributed by atoms with Crippen molar-refractivity contribution in [3.05, 3.63) is 217 Å². The maximum atomic E-state index is 9.55. The molecule has 8 aromatic carbocycles. The number of para-hydroxylation sites is 3. The average Bonchev–Trinajstić information content (AvgIpc) is 4.21. The third-order valence-corrected chi connectivity index (χ3v) is 13.5. The Morgan fingerprint density at radius 1 is 0.479 bits per heavy atom. The first-order chi connectivity index (χ1) is 37.4. The first kappa shape index (κ1) is 37.0. The Hall–Kier alpha value is -7.89. The third kappa shape index (κ3) is 8.65. The molecule has 0 unspecified atom stereocenters. The van der Waals surface area contributed by atoms with Gasteiger partial charge < -0.3 is 14.5 Å². The van der Waals surface area contributed by atoms with Crippen molar-refractivity contribution in [2.45, 2.75) is 78.6 Å². The molecule has 0 bridgehead atoms. The topological polar surface area (TPSA) is 33.5 Å². The molecular weight excluding hydrogens is 865 g/mol. The molecule has 352 valence electrons. The van der Waals surface area contributed by atoms with Crippen LogP contribution in [-0.2, 0) is 16.2 Å². The van der Waals surface area contributed by atoms with Crippen molar-refractivity contribution in [2.75, 3.05) is 16.5 Å². The van der Waals surface area contributed by atoms with Crippen molar-refractivity contribution in [2.24, 2.45) is 0 Å². The first-order valence-electron chi connectivity index (χ1n) is 28.3. The van der Waals surface area contributed by atoms with Crippen LogP contribution < -0.4 is 14.5 Å². The van der Waals surface area contributed by atoms with Crippen LogP contribution in [0, 0.1) is 0 Å². The fourth-order valence-corrected chi connectivity index (χ4v) is 9.67. The number of fused-ring (bicyclic) bond motifs is 4. The fourth-order valence-electron chi connectivity index (χ4n) is 9.67. The van der Waals surface area contributed by atoms with Gasteiger partial charge in [0.05, 0.1) is 39.1 Å². The van der Waals surface area contributed by atoms with Gasteiger partial charge in [-0.05, 0) is 116 Å². The van der Waals surface area contributed by atoms with Crippen molar-refractivity contribution in [3.8, 4) is 50.7 Å². The second-order valence-corrected chi connectivity index (χ2v) is 21.6. The molecule has 3 heterocycles. The molecule has 2 aromatic heterocycles. The van der Waals surface area contributed by atoms with Gasteiger partial charge in [0.2, 0.25) is 0 Å². The van der Waals surface area contributed by atoms with E-state index in [-0.39, 0.29) is 52.6 Å². The molecule has 0 radical (unpaired) electrons. The summed E-state index contributed by atoms with van der Waals surface area (Å²) in [6, 6.07) is 49.2. The van der Waals surface area contributed by atoms with Gasteiger partial charge in [0.25, 0.3) is 0 Å². The number of rotatable bonds is 8. The number of hydrogen-bond acceptors (Lipinski definition) is 4. The van der Waals surface area contributed by atoms with E-state index in [4.69, 9.17) is 11.6 Å². The van der Waals surface area contributed by atoms with Gasteiger partial charge in [0, 0.05) is 45.9 Å². The Kier molecular flexibility index (Phi) is 9.12. The van der Waals surface area contributed by atoms with E-state index in [0.717, 1.165) is 72.2 Å². The highest BCUT2D eigenvalue weighted by molar-refractivity contribution is 6.11. The summed E-state index contributed by atoms with van der Waals surface area (Å²) in [6.45, 7) is 19.4. The van der Waals surface area contributed by atoms with Crippen molar-refractivity contribution in [1.29, 1.82) is 0 Å². The first-order valence-corrected chi connectivity index (χ1v) is 24.3. The lowest BCUT2D eigenvalue weighted by Crippen LogP contribution is -2.25. The minimum atomic E-state index is -0.600. The number of anilines is 4. The molecule has 11 rings (SSSR count). The van der Waals surface area contributed by atoms with Gasteiger partial charge in [-0.2, -0.15) is 0 Å². The predicted molar refractivity (Wildman–Crippen MR) is 300 cm³/mol. The Balaban J connectivity index is 1.04.